The van der Waals surface area contributed by atoms with Gasteiger partial charge in [0.15, 0.2) is 33.0 Å². The lowest BCUT2D eigenvalue weighted by molar-refractivity contribution is -0.0735. The largest absolute Gasteiger partial charge is 0.394 e. The Labute approximate surface area is 233 Å². The van der Waals surface area contributed by atoms with Crippen LogP contribution in [0.25, 0.3) is 11.2 Å². The van der Waals surface area contributed by atoms with Crippen molar-refractivity contribution in [2.24, 2.45) is 5.73 Å². The Balaban J connectivity index is 1.22. The number of nitrogens with two attached hydrogens (primary N) is 2. The molecule has 17 nitrogen and oxygen atoms in total. The summed E-state index contributed by atoms with van der Waals surface area (Å²) in [6.45, 7) is -0.270. The highest BCUT2D eigenvalue weighted by molar-refractivity contribution is 7.26. The van der Waals surface area contributed by atoms with Crippen LogP contribution in [0.2, 0.25) is 0 Å². The number of nitrogens with zero attached hydrogens (tertiary/aromatic N) is 5. The van der Waals surface area contributed by atoms with Crippen LogP contribution in [0.4, 0.5) is 10.6 Å². The third-order valence-corrected chi connectivity index (χ3v) is 7.82. The Morgan fingerprint density at radius 1 is 1.12 bits per heavy atom. The van der Waals surface area contributed by atoms with Crippen molar-refractivity contribution < 1.29 is 42.4 Å². The fraction of sp³-hybridized carbons (Fsp3) is 0.619. The van der Waals surface area contributed by atoms with Crippen molar-refractivity contribution in [2.75, 3.05) is 33.2 Å². The van der Waals surface area contributed by atoms with Crippen LogP contribution in [0.1, 0.15) is 6.23 Å². The molecule has 5 rings (SSSR count). The molecule has 0 aromatic carbocycles. The van der Waals surface area contributed by atoms with E-state index >= 15 is 0 Å². The Hall–Kier alpha value is -2.14. The van der Waals surface area contributed by atoms with E-state index in [1.807, 2.05) is 0 Å². The zero-order valence-corrected chi connectivity index (χ0v) is 23.8. The van der Waals surface area contributed by atoms with Gasteiger partial charge in [0.2, 0.25) is 0 Å². The van der Waals surface area contributed by atoms with Crippen molar-refractivity contribution in [2.45, 2.75) is 55.2 Å². The predicted octanol–water partition coefficient (Wildman–Crippen LogP) is -1.04. The number of carbonyl (C=O) groups is 1. The van der Waals surface area contributed by atoms with E-state index in [2.05, 4.69) is 29.7 Å². The van der Waals surface area contributed by atoms with Crippen LogP contribution < -0.4 is 16.8 Å². The Morgan fingerprint density at radius 2 is 1.88 bits per heavy atom. The van der Waals surface area contributed by atoms with E-state index in [4.69, 9.17) is 44.0 Å². The van der Waals surface area contributed by atoms with Gasteiger partial charge in [-0.3, -0.25) is 9.47 Å². The van der Waals surface area contributed by atoms with E-state index in [0.29, 0.717) is 11.2 Å². The van der Waals surface area contributed by atoms with Gasteiger partial charge in [0, 0.05) is 29.9 Å². The van der Waals surface area contributed by atoms with Gasteiger partial charge in [-0.1, -0.05) is 0 Å². The highest BCUT2D eigenvalue weighted by Crippen LogP contribution is 2.38. The molecule has 11 atom stereocenters. The van der Waals surface area contributed by atoms with Crippen molar-refractivity contribution in [3.63, 3.8) is 0 Å². The fourth-order valence-corrected chi connectivity index (χ4v) is 5.96. The van der Waals surface area contributed by atoms with E-state index < -0.39 is 70.3 Å². The number of nitrogens with one attached hydrogen (secondary N) is 1. The van der Waals surface area contributed by atoms with Gasteiger partial charge >= 0.3 is 6.03 Å². The number of hydrogen-bond acceptors (Lipinski definition) is 14. The zero-order chi connectivity index (χ0) is 28.4. The SMILES string of the molecule is COC1C(OPOCC2OC(n3cnc4c(N)ncnc43)C(OC)C2OP)C(CO)OC1N1C=CC(N)NC1=O. The number of imidazole rings is 1. The maximum absolute atomic E-state index is 12.4. The van der Waals surface area contributed by atoms with Crippen molar-refractivity contribution in [3.8, 4) is 0 Å². The first-order chi connectivity index (χ1) is 19.4. The van der Waals surface area contributed by atoms with Crippen molar-refractivity contribution in [1.82, 2.24) is 29.7 Å². The van der Waals surface area contributed by atoms with Gasteiger partial charge in [-0.05, 0) is 6.08 Å². The molecule has 0 aliphatic carbocycles. The van der Waals surface area contributed by atoms with E-state index in [1.165, 1.54) is 24.5 Å². The maximum atomic E-state index is 12.4. The van der Waals surface area contributed by atoms with E-state index in [0.717, 1.165) is 0 Å². The molecule has 220 valence electrons. The number of ether oxygens (including phenoxy) is 4. The zero-order valence-electron chi connectivity index (χ0n) is 21.6. The van der Waals surface area contributed by atoms with Crippen LogP contribution in [-0.2, 0) is 32.5 Å². The van der Waals surface area contributed by atoms with Crippen LogP contribution in [0.5, 0.6) is 0 Å². The summed E-state index contributed by atoms with van der Waals surface area (Å²) in [7, 11) is 4.77. The van der Waals surface area contributed by atoms with Crippen molar-refractivity contribution in [1.29, 1.82) is 0 Å². The van der Waals surface area contributed by atoms with Crippen LogP contribution in [0.15, 0.2) is 24.9 Å². The second-order valence-electron chi connectivity index (χ2n) is 9.10. The number of aromatic nitrogens is 4. The standard InChI is InChI=1S/C21H32N8O9P2/c1-32-15-13(37-39)10(36-20(15)29-8-26-12-17(23)24-7-25-18(12)29)6-34-40-38-14-9(5-30)35-19(16(14)33-2)28-4-3-11(22)27-21(28)31/h3-4,7-11,13-16,19-20,30,40H,5-6,22,39H2,1-2H3,(H,27,31)(H2,23,24,25). The molecule has 2 amide bonds. The molecule has 0 spiro atoms. The summed E-state index contributed by atoms with van der Waals surface area (Å²) < 4.78 is 42.6. The monoisotopic (exact) mass is 602 g/mol. The smallest absolute Gasteiger partial charge is 0.325 e. The number of aliphatic hydroxyl groups excluding tert-OH is 1. The minimum absolute atomic E-state index is 0.0885. The Morgan fingerprint density at radius 3 is 2.58 bits per heavy atom. The quantitative estimate of drug-likeness (QED) is 0.179. The van der Waals surface area contributed by atoms with E-state index in [1.54, 1.807) is 24.1 Å². The molecule has 6 N–H and O–H groups in total. The van der Waals surface area contributed by atoms with Gasteiger partial charge in [-0.15, -0.1) is 0 Å². The lowest BCUT2D eigenvalue weighted by atomic mass is 10.1. The van der Waals surface area contributed by atoms with Gasteiger partial charge in [-0.2, -0.15) is 0 Å². The highest BCUT2D eigenvalue weighted by Gasteiger charge is 2.50. The number of urea groups is 1. The minimum atomic E-state index is -0.847. The van der Waals surface area contributed by atoms with Crippen LogP contribution in [0, 0.1) is 0 Å². The number of anilines is 1. The second-order valence-corrected chi connectivity index (χ2v) is 10.1. The maximum Gasteiger partial charge on any atom is 0.325 e. The van der Waals surface area contributed by atoms with Gasteiger partial charge in [0.25, 0.3) is 0 Å². The van der Waals surface area contributed by atoms with Gasteiger partial charge in [0.05, 0.1) is 25.7 Å². The van der Waals surface area contributed by atoms with Crippen molar-refractivity contribution >= 4 is 41.5 Å². The van der Waals surface area contributed by atoms with Crippen LogP contribution in [0.3, 0.4) is 0 Å². The molecule has 2 saturated heterocycles. The molecule has 0 saturated carbocycles. The van der Waals surface area contributed by atoms with E-state index in [9.17, 15) is 9.90 Å². The first-order valence-corrected chi connectivity index (χ1v) is 13.5. The summed E-state index contributed by atoms with van der Waals surface area (Å²) in [6, 6.07) is -0.456. The van der Waals surface area contributed by atoms with Gasteiger partial charge in [0.1, 0.15) is 48.5 Å². The van der Waals surface area contributed by atoms with E-state index in [-0.39, 0.29) is 19.0 Å². The molecule has 19 heteroatoms. The number of aliphatic hydroxyl groups is 1. The molecule has 2 aromatic heterocycles. The third kappa shape index (κ3) is 5.52. The molecule has 40 heavy (non-hydrogen) atoms. The summed E-state index contributed by atoms with van der Waals surface area (Å²) in [4.78, 5) is 26.3. The molecule has 11 unspecified atom stereocenters. The summed E-state index contributed by atoms with van der Waals surface area (Å²) in [5.41, 5.74) is 12.6. The molecular weight excluding hydrogens is 570 g/mol. The first kappa shape index (κ1) is 29.4. The molecule has 5 heterocycles. The molecule has 0 bridgehead atoms. The summed E-state index contributed by atoms with van der Waals surface area (Å²) in [6.07, 6.45) is 0.139. The number of rotatable bonds is 11. The third-order valence-electron chi connectivity index (χ3n) is 6.86. The van der Waals surface area contributed by atoms with Crippen molar-refractivity contribution in [3.05, 3.63) is 24.9 Å². The predicted molar refractivity (Wildman–Crippen MR) is 142 cm³/mol. The topological polar surface area (TPSA) is 213 Å². The lowest BCUT2D eigenvalue weighted by Gasteiger charge is -2.32. The molecule has 2 aromatic rings. The lowest BCUT2D eigenvalue weighted by Crippen LogP contribution is -2.55. The number of hydrogen-bond donors (Lipinski definition) is 4. The number of amides is 2. The average Bonchev–Trinajstić information content (AvgIpc) is 3.64. The highest BCUT2D eigenvalue weighted by atomic mass is 31.1. The number of methoxy groups -OCH3 is 2. The normalized spacial score (nSPS) is 34.5. The summed E-state index contributed by atoms with van der Waals surface area (Å²) >= 11 is 0. The molecular formula is C21H32N8O9P2. The Kier molecular flexibility index (Phi) is 9.39. The minimum Gasteiger partial charge on any atom is -0.394 e. The average molecular weight is 602 g/mol. The fourth-order valence-electron chi connectivity index (χ4n) is 4.93. The number of carbonyl (C=O) groups excluding carboxylic acids is 1. The van der Waals surface area contributed by atoms with Crippen LogP contribution >= 0.6 is 18.5 Å². The Bertz CT molecular complexity index is 1210. The summed E-state index contributed by atoms with van der Waals surface area (Å²) in [5, 5.41) is 12.5. The van der Waals surface area contributed by atoms with Gasteiger partial charge < -0.3 is 54.4 Å². The first-order valence-electron chi connectivity index (χ1n) is 12.2. The molecule has 0 radical (unpaired) electrons. The van der Waals surface area contributed by atoms with Gasteiger partial charge in [-0.25, -0.2) is 19.7 Å². The molecule has 2 fully saturated rings. The number of nitrogen functional groups attached to an aromatic ring is 1. The molecule has 3 aliphatic rings. The molecule has 3 aliphatic heterocycles. The van der Waals surface area contributed by atoms with Crippen LogP contribution in [-0.4, -0.2) is 112 Å². The summed E-state index contributed by atoms with van der Waals surface area (Å²) in [5.74, 6) is 0.252. The second kappa shape index (κ2) is 12.8. The number of fused-ring (bicyclic) bond motifs is 1.